The minimum atomic E-state index is -1.98. The smallest absolute Gasteiger partial charge is 0.350 e. The molecule has 0 radical (unpaired) electrons. The van der Waals surface area contributed by atoms with Gasteiger partial charge in [-0.05, 0) is 32.9 Å². The molecule has 4 heterocycles. The van der Waals surface area contributed by atoms with Gasteiger partial charge in [0.05, 0.1) is 35.6 Å². The number of aliphatic carboxylic acids is 2. The van der Waals surface area contributed by atoms with Crippen LogP contribution in [0.5, 0.6) is 11.5 Å². The topological polar surface area (TPSA) is 343 Å². The standard InChI is InChI=1S/C31H35ClN12O12S2/c1-13-10-43(29(55)44(13)37-9-8-36-40-28(54)35-7-6-34-21(47)14-4-5-16(45)20(46)17(14)32)31(26(52)53)12-42-23(49)19(24(42)58-31)39-22(48)18(15-11-57-27(33)38-15)41-56-30(2,3)25(50)51/h4-5,8-9,11,13,19,24,45-46H,6-7,10,12H2,1-3H3,(H2,33,38)(H,34,47)(H,39,48)(H,50,51)(H,52,53)(H2,35,40,54)/b36-8+,37-9+,41-18-/t13-,19+,24+,31+/m0/s1. The number of hydrogen-bond acceptors (Lipinski definition) is 17. The van der Waals surface area contributed by atoms with E-state index in [1.807, 2.05) is 0 Å². The van der Waals surface area contributed by atoms with E-state index in [4.69, 9.17) is 22.2 Å². The van der Waals surface area contributed by atoms with Crippen molar-refractivity contribution in [3.8, 4) is 11.5 Å². The molecule has 5 rings (SSSR count). The highest BCUT2D eigenvalue weighted by atomic mass is 35.5. The number of nitrogens with zero attached hydrogens (tertiary/aromatic N) is 7. The van der Waals surface area contributed by atoms with Gasteiger partial charge in [0.1, 0.15) is 17.1 Å². The minimum absolute atomic E-state index is 0.0396. The predicted molar refractivity (Wildman–Crippen MR) is 205 cm³/mol. The van der Waals surface area contributed by atoms with Crippen molar-refractivity contribution < 1.29 is 58.8 Å². The number of nitrogens with two attached hydrogens (primary N) is 1. The molecule has 10 N–H and O–H groups in total. The maximum Gasteiger partial charge on any atom is 0.350 e. The van der Waals surface area contributed by atoms with E-state index < -0.39 is 93.4 Å². The number of rotatable bonds is 15. The number of benzene rings is 1. The fraction of sp³-hybridized carbons (Fsp3) is 0.387. The molecule has 0 unspecified atom stereocenters. The summed E-state index contributed by atoms with van der Waals surface area (Å²) in [5, 5.41) is 58.9. The Morgan fingerprint density at radius 3 is 2.50 bits per heavy atom. The molecule has 1 aromatic carbocycles. The Hall–Kier alpha value is -6.41. The van der Waals surface area contributed by atoms with Crippen LogP contribution in [0, 0.1) is 0 Å². The number of thiazole rings is 1. The molecule has 0 spiro atoms. The predicted octanol–water partition coefficient (Wildman–Crippen LogP) is -0.618. The molecule has 0 aliphatic carbocycles. The monoisotopic (exact) mass is 866 g/mol. The maximum absolute atomic E-state index is 13.6. The number of phenolic OH excluding ortho intramolecular Hbond substituents is 2. The number of oxime groups is 1. The highest BCUT2D eigenvalue weighted by molar-refractivity contribution is 8.02. The molecule has 3 aliphatic rings. The second kappa shape index (κ2) is 17.0. The van der Waals surface area contributed by atoms with E-state index in [0.717, 1.165) is 51.5 Å². The van der Waals surface area contributed by atoms with Crippen LogP contribution in [0.15, 0.2) is 32.9 Å². The average molecular weight is 867 g/mol. The van der Waals surface area contributed by atoms with Crippen molar-refractivity contribution in [1.82, 2.24) is 41.2 Å². The lowest BCUT2D eigenvalue weighted by Crippen LogP contribution is -2.68. The Labute approximate surface area is 340 Å². The molecule has 0 saturated carbocycles. The van der Waals surface area contributed by atoms with Gasteiger partial charge in [-0.2, -0.15) is 10.2 Å². The summed E-state index contributed by atoms with van der Waals surface area (Å²) in [6.45, 7) is 3.38. The number of carboxylic acids is 2. The van der Waals surface area contributed by atoms with Crippen molar-refractivity contribution in [3.63, 3.8) is 0 Å². The summed E-state index contributed by atoms with van der Waals surface area (Å²) in [5.74, 6) is -6.26. The lowest BCUT2D eigenvalue weighted by atomic mass is 10.1. The number of fused-ring (bicyclic) bond motifs is 1. The molecule has 3 fully saturated rings. The fourth-order valence-electron chi connectivity index (χ4n) is 5.46. The lowest BCUT2D eigenvalue weighted by Gasteiger charge is -2.41. The van der Waals surface area contributed by atoms with Crippen LogP contribution in [-0.2, 0) is 24.0 Å². The zero-order valence-corrected chi connectivity index (χ0v) is 32.8. The van der Waals surface area contributed by atoms with E-state index in [0.29, 0.717) is 0 Å². The number of aromatic nitrogens is 1. The number of hydrogen-bond donors (Lipinski definition) is 9. The SMILES string of the molecule is C[C@H]1CN([C@]2(C(=O)O)CN3C(=O)[C@@H](NC(=O)/C(=N\OC(C)(C)C(=O)O)c4csc(N)n4)[C@H]3S2)C(=O)N1/N=C/C=N/NC(=O)NCCNC(=O)c1ccc(O)c(O)c1Cl. The maximum atomic E-state index is 13.6. The van der Waals surface area contributed by atoms with E-state index >= 15 is 0 Å². The number of anilines is 1. The average Bonchev–Trinajstić information content (AvgIpc) is 3.85. The Balaban J connectivity index is 1.15. The van der Waals surface area contributed by atoms with Crippen molar-refractivity contribution >= 4 is 99.7 Å². The first-order valence-electron chi connectivity index (χ1n) is 16.7. The van der Waals surface area contributed by atoms with Gasteiger partial charge in [-0.25, -0.2) is 34.6 Å². The van der Waals surface area contributed by atoms with Crippen molar-refractivity contribution in [2.45, 2.75) is 48.7 Å². The number of amides is 7. The van der Waals surface area contributed by atoms with Gasteiger partial charge in [0, 0.05) is 25.0 Å². The third-order valence-electron chi connectivity index (χ3n) is 8.58. The first kappa shape index (κ1) is 42.7. The molecular weight excluding hydrogens is 832 g/mol. The van der Waals surface area contributed by atoms with Crippen LogP contribution in [0.4, 0.5) is 14.7 Å². The Bertz CT molecular complexity index is 2130. The second-order valence-corrected chi connectivity index (χ2v) is 15.6. The van der Waals surface area contributed by atoms with E-state index in [1.54, 1.807) is 6.92 Å². The van der Waals surface area contributed by atoms with Gasteiger partial charge in [-0.3, -0.25) is 19.3 Å². The van der Waals surface area contributed by atoms with Crippen LogP contribution >= 0.6 is 34.7 Å². The van der Waals surface area contributed by atoms with E-state index in [-0.39, 0.29) is 41.0 Å². The number of phenols is 2. The summed E-state index contributed by atoms with van der Waals surface area (Å²) in [7, 11) is 0. The highest BCUT2D eigenvalue weighted by Gasteiger charge is 2.67. The quantitative estimate of drug-likeness (QED) is 0.0354. The molecule has 2 aromatic rings. The number of urea groups is 2. The number of β-lactam (4-membered cyclic amide) rings is 1. The Morgan fingerprint density at radius 1 is 1.14 bits per heavy atom. The van der Waals surface area contributed by atoms with Crippen molar-refractivity contribution in [3.05, 3.63) is 33.8 Å². The van der Waals surface area contributed by atoms with Crippen molar-refractivity contribution in [2.75, 3.05) is 31.9 Å². The number of nitrogen functional groups attached to an aromatic ring is 1. The molecule has 58 heavy (non-hydrogen) atoms. The van der Waals surface area contributed by atoms with Gasteiger partial charge in [-0.15, -0.1) is 11.3 Å². The van der Waals surface area contributed by atoms with Crippen LogP contribution in [0.1, 0.15) is 36.8 Å². The van der Waals surface area contributed by atoms with Gasteiger partial charge in [0.2, 0.25) is 16.4 Å². The first-order valence-corrected chi connectivity index (χ1v) is 18.8. The summed E-state index contributed by atoms with van der Waals surface area (Å²) in [4.78, 5) is 98.2. The van der Waals surface area contributed by atoms with E-state index in [1.165, 1.54) is 30.2 Å². The molecule has 4 atom stereocenters. The number of carboxylic acid groups (broad SMARTS) is 2. The normalized spacial score (nSPS) is 21.9. The first-order chi connectivity index (χ1) is 27.3. The van der Waals surface area contributed by atoms with Crippen molar-refractivity contribution in [2.24, 2.45) is 15.4 Å². The van der Waals surface area contributed by atoms with Gasteiger partial charge < -0.3 is 51.8 Å². The van der Waals surface area contributed by atoms with Crippen molar-refractivity contribution in [1.29, 1.82) is 0 Å². The Kier molecular flexibility index (Phi) is 12.5. The third kappa shape index (κ3) is 8.61. The molecule has 0 bridgehead atoms. The minimum Gasteiger partial charge on any atom is -0.504 e. The molecule has 24 nitrogen and oxygen atoms in total. The Morgan fingerprint density at radius 2 is 1.84 bits per heavy atom. The van der Waals surface area contributed by atoms with E-state index in [2.05, 4.69) is 41.7 Å². The number of carbonyl (C=O) groups excluding carboxylic acids is 5. The molecule has 310 valence electrons. The van der Waals surface area contributed by atoms with Crippen LogP contribution < -0.4 is 27.1 Å². The number of thioether (sulfide) groups is 1. The van der Waals surface area contributed by atoms with Crippen LogP contribution in [-0.4, -0.2) is 154 Å². The number of halogens is 1. The summed E-state index contributed by atoms with van der Waals surface area (Å²) in [6.07, 6.45) is 2.12. The summed E-state index contributed by atoms with van der Waals surface area (Å²) >= 11 is 7.59. The molecule has 27 heteroatoms. The number of nitrogens with one attached hydrogen (secondary N) is 4. The number of hydrazone groups is 2. The third-order valence-corrected chi connectivity index (χ3v) is 11.3. The highest BCUT2D eigenvalue weighted by Crippen LogP contribution is 2.50. The molecule has 3 aliphatic heterocycles. The molecule has 1 aromatic heterocycles. The summed E-state index contributed by atoms with van der Waals surface area (Å²) in [6, 6.07) is -1.20. The lowest BCUT2D eigenvalue weighted by molar-refractivity contribution is -0.161. The van der Waals surface area contributed by atoms with E-state index in [9.17, 15) is 54.0 Å². The largest absolute Gasteiger partial charge is 0.504 e. The number of carbonyl (C=O) groups is 7. The van der Waals surface area contributed by atoms with Crippen LogP contribution in [0.2, 0.25) is 5.02 Å². The van der Waals surface area contributed by atoms with Gasteiger partial charge >= 0.3 is 24.0 Å². The van der Waals surface area contributed by atoms with Gasteiger partial charge in [0.25, 0.3) is 11.8 Å². The van der Waals surface area contributed by atoms with Crippen LogP contribution in [0.3, 0.4) is 0 Å². The molecule has 3 saturated heterocycles. The summed E-state index contributed by atoms with van der Waals surface area (Å²) in [5.41, 5.74) is 5.36. The van der Waals surface area contributed by atoms with Gasteiger partial charge in [0.15, 0.2) is 22.3 Å². The fourth-order valence-corrected chi connectivity index (χ4v) is 7.87. The van der Waals surface area contributed by atoms with Crippen LogP contribution in [0.25, 0.3) is 0 Å². The zero-order chi connectivity index (χ0) is 42.7. The number of aromatic hydroxyl groups is 2. The van der Waals surface area contributed by atoms with Gasteiger partial charge in [-0.1, -0.05) is 28.5 Å². The zero-order valence-electron chi connectivity index (χ0n) is 30.4. The summed E-state index contributed by atoms with van der Waals surface area (Å²) < 4.78 is 0. The second-order valence-electron chi connectivity index (χ2n) is 13.0. The molecular formula is C31H35ClN12O12S2. The molecule has 7 amide bonds.